The molecule has 0 aliphatic heterocycles. The maximum absolute atomic E-state index is 12.1. The number of hydrogen-bond donors (Lipinski definition) is 1. The van der Waals surface area contributed by atoms with E-state index in [1.807, 2.05) is 29.0 Å². The first-order valence-corrected chi connectivity index (χ1v) is 6.63. The summed E-state index contributed by atoms with van der Waals surface area (Å²) in [7, 11) is 0. The average Bonchev–Trinajstić information content (AvgIpc) is 3.09. The van der Waals surface area contributed by atoms with E-state index in [4.69, 9.17) is 0 Å². The van der Waals surface area contributed by atoms with Crippen molar-refractivity contribution < 1.29 is 4.79 Å². The topological polar surface area (TPSA) is 46.9 Å². The van der Waals surface area contributed by atoms with E-state index >= 15 is 0 Å². The van der Waals surface area contributed by atoms with Gasteiger partial charge in [0.25, 0.3) is 5.91 Å². The number of amides is 1. The molecule has 0 unspecified atom stereocenters. The van der Waals surface area contributed by atoms with Gasteiger partial charge in [0, 0.05) is 12.2 Å². The zero-order chi connectivity index (χ0) is 12.5. The number of nitrogens with zero attached hydrogens (tertiary/aromatic N) is 2. The van der Waals surface area contributed by atoms with Crippen LogP contribution in [0.5, 0.6) is 0 Å². The van der Waals surface area contributed by atoms with Crippen LogP contribution in [0, 0.1) is 0 Å². The van der Waals surface area contributed by atoms with E-state index in [-0.39, 0.29) is 5.91 Å². The van der Waals surface area contributed by atoms with E-state index in [2.05, 4.69) is 26.2 Å². The highest BCUT2D eigenvalue weighted by atomic mass is 79.9. The third-order valence-corrected chi connectivity index (χ3v) is 3.41. The van der Waals surface area contributed by atoms with Crippen molar-refractivity contribution in [1.82, 2.24) is 9.55 Å². The molecule has 18 heavy (non-hydrogen) atoms. The molecular formula is C13H12BrN3O. The van der Waals surface area contributed by atoms with Crippen molar-refractivity contribution in [2.75, 3.05) is 5.32 Å². The molecule has 0 saturated heterocycles. The molecule has 2 aromatic heterocycles. The van der Waals surface area contributed by atoms with Crippen molar-refractivity contribution in [3.05, 3.63) is 47.0 Å². The number of pyridine rings is 1. The Labute approximate surface area is 113 Å². The van der Waals surface area contributed by atoms with Crippen LogP contribution >= 0.6 is 15.9 Å². The van der Waals surface area contributed by atoms with Crippen LogP contribution in [-0.2, 0) is 0 Å². The minimum Gasteiger partial charge on any atom is -0.340 e. The second-order valence-electron chi connectivity index (χ2n) is 4.36. The van der Waals surface area contributed by atoms with Crippen molar-refractivity contribution in [2.24, 2.45) is 0 Å². The lowest BCUT2D eigenvalue weighted by molar-refractivity contribution is 0.101. The van der Waals surface area contributed by atoms with Gasteiger partial charge >= 0.3 is 0 Å². The number of halogens is 1. The third kappa shape index (κ3) is 2.31. The molecule has 1 amide bonds. The standard InChI is InChI=1S/C13H12BrN3O/c14-12-6-3-9(8-15-12)16-13(18)11-2-1-7-17(11)10-4-5-10/h1-3,6-8,10H,4-5H2,(H,16,18). The Morgan fingerprint density at radius 2 is 2.22 bits per heavy atom. The second kappa shape index (κ2) is 4.57. The van der Waals surface area contributed by atoms with Gasteiger partial charge in [0.05, 0.1) is 11.9 Å². The number of hydrogen-bond acceptors (Lipinski definition) is 2. The second-order valence-corrected chi connectivity index (χ2v) is 5.17. The summed E-state index contributed by atoms with van der Waals surface area (Å²) in [5.74, 6) is -0.0870. The summed E-state index contributed by atoms with van der Waals surface area (Å²) in [5.41, 5.74) is 1.41. The quantitative estimate of drug-likeness (QED) is 0.885. The number of carbonyl (C=O) groups is 1. The molecule has 0 aromatic carbocycles. The molecule has 4 nitrogen and oxygen atoms in total. The zero-order valence-electron chi connectivity index (χ0n) is 9.64. The molecule has 0 radical (unpaired) electrons. The van der Waals surface area contributed by atoms with Crippen molar-refractivity contribution in [2.45, 2.75) is 18.9 Å². The summed E-state index contributed by atoms with van der Waals surface area (Å²) in [6, 6.07) is 7.88. The van der Waals surface area contributed by atoms with Gasteiger partial charge in [-0.3, -0.25) is 4.79 Å². The number of carbonyl (C=O) groups excluding carboxylic acids is 1. The van der Waals surface area contributed by atoms with Crippen LogP contribution in [0.25, 0.3) is 0 Å². The first kappa shape index (κ1) is 11.5. The number of rotatable bonds is 3. The summed E-state index contributed by atoms with van der Waals surface area (Å²) >= 11 is 3.26. The molecule has 5 heteroatoms. The Morgan fingerprint density at radius 1 is 1.39 bits per heavy atom. The highest BCUT2D eigenvalue weighted by Crippen LogP contribution is 2.36. The summed E-state index contributed by atoms with van der Waals surface area (Å²) in [6.45, 7) is 0. The first-order valence-electron chi connectivity index (χ1n) is 5.84. The Bertz CT molecular complexity index is 572. The molecule has 0 spiro atoms. The monoisotopic (exact) mass is 305 g/mol. The fraction of sp³-hybridized carbons (Fsp3) is 0.231. The summed E-state index contributed by atoms with van der Waals surface area (Å²) in [5, 5.41) is 2.85. The van der Waals surface area contributed by atoms with Gasteiger partial charge in [0.1, 0.15) is 10.3 Å². The van der Waals surface area contributed by atoms with Crippen LogP contribution in [0.2, 0.25) is 0 Å². The molecule has 2 aromatic rings. The van der Waals surface area contributed by atoms with Gasteiger partial charge in [-0.1, -0.05) is 0 Å². The van der Waals surface area contributed by atoms with E-state index in [9.17, 15) is 4.79 Å². The molecular weight excluding hydrogens is 294 g/mol. The molecule has 1 fully saturated rings. The van der Waals surface area contributed by atoms with Crippen LogP contribution in [0.1, 0.15) is 29.4 Å². The number of aromatic nitrogens is 2. The molecule has 0 bridgehead atoms. The molecule has 1 N–H and O–H groups in total. The number of nitrogens with one attached hydrogen (secondary N) is 1. The van der Waals surface area contributed by atoms with Crippen LogP contribution < -0.4 is 5.32 Å². The van der Waals surface area contributed by atoms with E-state index in [0.717, 1.165) is 17.4 Å². The van der Waals surface area contributed by atoms with Gasteiger partial charge in [0.15, 0.2) is 0 Å². The first-order chi connectivity index (χ1) is 8.74. The lowest BCUT2D eigenvalue weighted by Crippen LogP contribution is -2.16. The van der Waals surface area contributed by atoms with E-state index in [1.165, 1.54) is 0 Å². The Kier molecular flexibility index (Phi) is 2.91. The molecule has 1 saturated carbocycles. The molecule has 0 atom stereocenters. The zero-order valence-corrected chi connectivity index (χ0v) is 11.2. The molecule has 2 heterocycles. The van der Waals surface area contributed by atoms with Crippen molar-refractivity contribution in [1.29, 1.82) is 0 Å². The van der Waals surface area contributed by atoms with Crippen LogP contribution in [0.4, 0.5) is 5.69 Å². The minimum absolute atomic E-state index is 0.0870. The van der Waals surface area contributed by atoms with Gasteiger partial charge < -0.3 is 9.88 Å². The van der Waals surface area contributed by atoms with E-state index in [0.29, 0.717) is 17.4 Å². The Balaban J connectivity index is 1.78. The van der Waals surface area contributed by atoms with Crippen molar-refractivity contribution in [3.63, 3.8) is 0 Å². The smallest absolute Gasteiger partial charge is 0.272 e. The van der Waals surface area contributed by atoms with Gasteiger partial charge in [-0.2, -0.15) is 0 Å². The normalized spacial score (nSPS) is 14.5. The van der Waals surface area contributed by atoms with Crippen LogP contribution in [0.15, 0.2) is 41.3 Å². The van der Waals surface area contributed by atoms with Crippen LogP contribution in [0.3, 0.4) is 0 Å². The summed E-state index contributed by atoms with van der Waals surface area (Å²) in [4.78, 5) is 16.2. The van der Waals surface area contributed by atoms with Gasteiger partial charge in [-0.25, -0.2) is 4.98 Å². The maximum atomic E-state index is 12.1. The molecule has 92 valence electrons. The Morgan fingerprint density at radius 3 is 2.89 bits per heavy atom. The van der Waals surface area contributed by atoms with Gasteiger partial charge in [0.2, 0.25) is 0 Å². The van der Waals surface area contributed by atoms with Crippen molar-refractivity contribution >= 4 is 27.5 Å². The van der Waals surface area contributed by atoms with Gasteiger partial charge in [-0.15, -0.1) is 0 Å². The molecule has 3 rings (SSSR count). The maximum Gasteiger partial charge on any atom is 0.272 e. The Hall–Kier alpha value is -1.62. The highest BCUT2D eigenvalue weighted by Gasteiger charge is 2.26. The molecule has 1 aliphatic carbocycles. The van der Waals surface area contributed by atoms with Crippen molar-refractivity contribution in [3.8, 4) is 0 Å². The lowest BCUT2D eigenvalue weighted by Gasteiger charge is -2.08. The third-order valence-electron chi connectivity index (χ3n) is 2.94. The predicted molar refractivity (Wildman–Crippen MR) is 72.6 cm³/mol. The van der Waals surface area contributed by atoms with Crippen LogP contribution in [-0.4, -0.2) is 15.5 Å². The lowest BCUT2D eigenvalue weighted by atomic mass is 10.3. The highest BCUT2D eigenvalue weighted by molar-refractivity contribution is 9.10. The number of anilines is 1. The average molecular weight is 306 g/mol. The fourth-order valence-electron chi connectivity index (χ4n) is 1.90. The van der Waals surface area contributed by atoms with E-state index in [1.54, 1.807) is 12.3 Å². The SMILES string of the molecule is O=C(Nc1ccc(Br)nc1)c1cccn1C1CC1. The minimum atomic E-state index is -0.0870. The summed E-state index contributed by atoms with van der Waals surface area (Å²) < 4.78 is 2.79. The largest absolute Gasteiger partial charge is 0.340 e. The molecule has 1 aliphatic rings. The van der Waals surface area contributed by atoms with Gasteiger partial charge in [-0.05, 0) is 53.0 Å². The fourth-order valence-corrected chi connectivity index (χ4v) is 2.14. The van der Waals surface area contributed by atoms with E-state index < -0.39 is 0 Å². The predicted octanol–water partition coefficient (Wildman–Crippen LogP) is 3.23. The summed E-state index contributed by atoms with van der Waals surface area (Å²) in [6.07, 6.45) is 5.92.